The number of ketones is 1. The van der Waals surface area contributed by atoms with Gasteiger partial charge in [0.05, 0.1) is 24.8 Å². The number of hydrogen-bond acceptors (Lipinski definition) is 5. The first kappa shape index (κ1) is 20.4. The van der Waals surface area contributed by atoms with Crippen molar-refractivity contribution in [3.8, 4) is 11.5 Å². The number of carbonyl (C=O) groups is 2. The fourth-order valence-corrected chi connectivity index (χ4v) is 3.34. The Bertz CT molecular complexity index is 998. The van der Waals surface area contributed by atoms with Gasteiger partial charge in [0.15, 0.2) is 11.6 Å². The third-order valence-electron chi connectivity index (χ3n) is 4.65. The minimum atomic E-state index is -0.832. The van der Waals surface area contributed by atoms with E-state index in [1.807, 2.05) is 13.8 Å². The number of nitrogens with zero attached hydrogens (tertiary/aromatic N) is 1. The highest BCUT2D eigenvalue weighted by molar-refractivity contribution is 6.46. The van der Waals surface area contributed by atoms with Crippen LogP contribution in [0.25, 0.3) is 5.76 Å². The molecule has 1 aliphatic heterocycles. The lowest BCUT2D eigenvalue weighted by Crippen LogP contribution is -2.24. The molecular weight excluding hydrogens is 377 g/mol. The third-order valence-corrected chi connectivity index (χ3v) is 4.65. The molecule has 1 atom stereocenters. The molecule has 1 amide bonds. The molecule has 0 saturated carbocycles. The van der Waals surface area contributed by atoms with Crippen LogP contribution in [-0.4, -0.2) is 42.0 Å². The van der Waals surface area contributed by atoms with E-state index in [1.54, 1.807) is 24.3 Å². The highest BCUT2D eigenvalue weighted by Gasteiger charge is 2.44. The largest absolute Gasteiger partial charge is 0.507 e. The van der Waals surface area contributed by atoms with Crippen LogP contribution in [0.5, 0.6) is 11.5 Å². The number of carbonyl (C=O) groups excluding carboxylic acids is 2. The number of hydrogen-bond donors (Lipinski definition) is 1. The van der Waals surface area contributed by atoms with Gasteiger partial charge < -0.3 is 19.5 Å². The lowest BCUT2D eigenvalue weighted by molar-refractivity contribution is -0.139. The van der Waals surface area contributed by atoms with Crippen LogP contribution < -0.4 is 9.47 Å². The van der Waals surface area contributed by atoms with Crippen molar-refractivity contribution >= 4 is 17.4 Å². The first-order valence-electron chi connectivity index (χ1n) is 9.09. The Balaban J connectivity index is 2.12. The molecule has 0 aliphatic carbocycles. The number of likely N-dealkylation sites (N-methyl/N-ethyl adjacent to an activating group) is 1. The van der Waals surface area contributed by atoms with Crippen molar-refractivity contribution in [3.05, 3.63) is 65.0 Å². The molecular formula is C22H22FNO5. The van der Waals surface area contributed by atoms with Crippen LogP contribution in [0.1, 0.15) is 31.0 Å². The number of methoxy groups -OCH3 is 1. The Labute approximate surface area is 168 Å². The van der Waals surface area contributed by atoms with E-state index in [-0.39, 0.29) is 23.0 Å². The standard InChI is InChI=1S/C22H22FNO5/c1-12(2)29-15-7-5-6-13(10-15)19-18(21(26)22(27)24(19)3)20(25)14-8-9-17(28-4)16(23)11-14/h5-12,19,25H,1-4H3/b20-18+. The molecule has 2 aromatic rings. The molecule has 0 spiro atoms. The molecule has 152 valence electrons. The van der Waals surface area contributed by atoms with Crippen molar-refractivity contribution in [3.63, 3.8) is 0 Å². The molecule has 1 unspecified atom stereocenters. The molecule has 0 radical (unpaired) electrons. The van der Waals surface area contributed by atoms with Gasteiger partial charge >= 0.3 is 0 Å². The van der Waals surface area contributed by atoms with Crippen molar-refractivity contribution < 1.29 is 28.6 Å². The molecule has 2 aromatic carbocycles. The first-order valence-corrected chi connectivity index (χ1v) is 9.09. The van der Waals surface area contributed by atoms with Crippen LogP contribution in [0.4, 0.5) is 4.39 Å². The highest BCUT2D eigenvalue weighted by atomic mass is 19.1. The minimum Gasteiger partial charge on any atom is -0.507 e. The van der Waals surface area contributed by atoms with Crippen molar-refractivity contribution in [2.24, 2.45) is 0 Å². The van der Waals surface area contributed by atoms with Gasteiger partial charge in [0.1, 0.15) is 11.5 Å². The van der Waals surface area contributed by atoms with E-state index in [9.17, 15) is 19.1 Å². The maximum absolute atomic E-state index is 14.1. The van der Waals surface area contributed by atoms with Gasteiger partial charge in [-0.2, -0.15) is 0 Å². The summed E-state index contributed by atoms with van der Waals surface area (Å²) >= 11 is 0. The van der Waals surface area contributed by atoms with E-state index in [0.29, 0.717) is 11.3 Å². The second-order valence-corrected chi connectivity index (χ2v) is 7.00. The predicted octanol–water partition coefficient (Wildman–Crippen LogP) is 3.67. The smallest absolute Gasteiger partial charge is 0.295 e. The van der Waals surface area contributed by atoms with Crippen LogP contribution >= 0.6 is 0 Å². The minimum absolute atomic E-state index is 0.00702. The summed E-state index contributed by atoms with van der Waals surface area (Å²) in [4.78, 5) is 26.2. The SMILES string of the molecule is COc1ccc(/C(O)=C2\C(=O)C(=O)N(C)C2c2cccc(OC(C)C)c2)cc1F. The van der Waals surface area contributed by atoms with E-state index in [0.717, 1.165) is 6.07 Å². The van der Waals surface area contributed by atoms with Crippen LogP contribution in [0.3, 0.4) is 0 Å². The lowest BCUT2D eigenvalue weighted by atomic mass is 9.95. The Morgan fingerprint density at radius 1 is 1.17 bits per heavy atom. The number of benzene rings is 2. The number of Topliss-reactive ketones (excluding diaryl/α,β-unsaturated/α-hetero) is 1. The lowest BCUT2D eigenvalue weighted by Gasteiger charge is -2.22. The van der Waals surface area contributed by atoms with Gasteiger partial charge in [0.2, 0.25) is 0 Å². The van der Waals surface area contributed by atoms with Gasteiger partial charge in [0.25, 0.3) is 11.7 Å². The summed E-state index contributed by atoms with van der Waals surface area (Å²) in [5.41, 5.74) is 0.568. The molecule has 1 N–H and O–H groups in total. The molecule has 0 bridgehead atoms. The molecule has 29 heavy (non-hydrogen) atoms. The Hall–Kier alpha value is -3.35. The number of ether oxygens (including phenoxy) is 2. The monoisotopic (exact) mass is 399 g/mol. The van der Waals surface area contributed by atoms with Crippen molar-refractivity contribution in [2.75, 3.05) is 14.2 Å². The predicted molar refractivity (Wildman–Crippen MR) is 105 cm³/mol. The van der Waals surface area contributed by atoms with E-state index in [2.05, 4.69) is 0 Å². The zero-order chi connectivity index (χ0) is 21.3. The number of likely N-dealkylation sites (tertiary alicyclic amines) is 1. The van der Waals surface area contributed by atoms with E-state index in [4.69, 9.17) is 9.47 Å². The normalized spacial score (nSPS) is 18.4. The summed E-state index contributed by atoms with van der Waals surface area (Å²) in [5.74, 6) is -2.14. The molecule has 1 fully saturated rings. The van der Waals surface area contributed by atoms with Gasteiger partial charge in [0, 0.05) is 12.6 Å². The van der Waals surface area contributed by atoms with Gasteiger partial charge in [-0.15, -0.1) is 0 Å². The van der Waals surface area contributed by atoms with Crippen molar-refractivity contribution in [1.82, 2.24) is 4.90 Å². The fourth-order valence-electron chi connectivity index (χ4n) is 3.34. The summed E-state index contributed by atoms with van der Waals surface area (Å²) in [6.45, 7) is 3.77. The molecule has 0 aromatic heterocycles. The molecule has 1 heterocycles. The Morgan fingerprint density at radius 3 is 2.52 bits per heavy atom. The second-order valence-electron chi connectivity index (χ2n) is 7.00. The van der Waals surface area contributed by atoms with Crippen molar-refractivity contribution in [2.45, 2.75) is 26.0 Å². The number of halogens is 1. The summed E-state index contributed by atoms with van der Waals surface area (Å²) in [5, 5.41) is 10.8. The summed E-state index contributed by atoms with van der Waals surface area (Å²) < 4.78 is 24.7. The summed E-state index contributed by atoms with van der Waals surface area (Å²) in [7, 11) is 2.81. The zero-order valence-electron chi connectivity index (χ0n) is 16.6. The van der Waals surface area contributed by atoms with Crippen LogP contribution in [-0.2, 0) is 9.59 Å². The summed E-state index contributed by atoms with van der Waals surface area (Å²) in [6, 6.07) is 9.98. The Kier molecular flexibility index (Phi) is 5.59. The first-order chi connectivity index (χ1) is 13.7. The number of aliphatic hydroxyl groups excluding tert-OH is 1. The molecule has 1 aliphatic rings. The average Bonchev–Trinajstić information content (AvgIpc) is 2.91. The average molecular weight is 399 g/mol. The summed E-state index contributed by atoms with van der Waals surface area (Å²) in [6.07, 6.45) is -0.0551. The van der Waals surface area contributed by atoms with Gasteiger partial charge in [-0.1, -0.05) is 12.1 Å². The topological polar surface area (TPSA) is 76.1 Å². The molecule has 3 rings (SSSR count). The highest BCUT2D eigenvalue weighted by Crippen LogP contribution is 2.39. The van der Waals surface area contributed by atoms with E-state index >= 15 is 0 Å². The third kappa shape index (κ3) is 3.81. The van der Waals surface area contributed by atoms with E-state index < -0.39 is 29.3 Å². The Morgan fingerprint density at radius 2 is 1.90 bits per heavy atom. The van der Waals surface area contributed by atoms with Crippen LogP contribution in [0.15, 0.2) is 48.0 Å². The molecule has 6 nitrogen and oxygen atoms in total. The number of rotatable bonds is 5. The van der Waals surface area contributed by atoms with Gasteiger partial charge in [-0.05, 0) is 49.7 Å². The zero-order valence-corrected chi connectivity index (χ0v) is 16.6. The number of aliphatic hydroxyl groups is 1. The molecule has 7 heteroatoms. The maximum Gasteiger partial charge on any atom is 0.295 e. The van der Waals surface area contributed by atoms with Crippen LogP contribution in [0.2, 0.25) is 0 Å². The maximum atomic E-state index is 14.1. The fraction of sp³-hybridized carbons (Fsp3) is 0.273. The van der Waals surface area contributed by atoms with Gasteiger partial charge in [-0.25, -0.2) is 4.39 Å². The molecule has 1 saturated heterocycles. The van der Waals surface area contributed by atoms with Gasteiger partial charge in [-0.3, -0.25) is 9.59 Å². The number of amides is 1. The quantitative estimate of drug-likeness (QED) is 0.472. The van der Waals surface area contributed by atoms with Crippen LogP contribution in [0, 0.1) is 5.82 Å². The van der Waals surface area contributed by atoms with E-state index in [1.165, 1.54) is 31.2 Å². The van der Waals surface area contributed by atoms with Crippen molar-refractivity contribution in [1.29, 1.82) is 0 Å². The second kappa shape index (κ2) is 7.95.